The molecule has 1 N–H and O–H groups in total. The summed E-state index contributed by atoms with van der Waals surface area (Å²) in [5.41, 5.74) is 2.21. The van der Waals surface area contributed by atoms with Crippen LogP contribution in [0.5, 0.6) is 5.75 Å². The van der Waals surface area contributed by atoms with Crippen molar-refractivity contribution in [1.82, 2.24) is 0 Å². The summed E-state index contributed by atoms with van der Waals surface area (Å²) in [4.78, 5) is 35.1. The average Bonchev–Trinajstić information content (AvgIpc) is 2.65. The van der Waals surface area contributed by atoms with Crippen LogP contribution in [0.2, 0.25) is 0 Å². The molecule has 4 rings (SSSR count). The van der Waals surface area contributed by atoms with E-state index in [0.717, 1.165) is 16.6 Å². The van der Waals surface area contributed by atoms with Gasteiger partial charge in [0.1, 0.15) is 11.3 Å². The topological polar surface area (TPSA) is 85.6 Å². The summed E-state index contributed by atoms with van der Waals surface area (Å²) in [5, 5.41) is 3.57. The fraction of sp³-hybridized carbons (Fsp3) is 0.150. The van der Waals surface area contributed by atoms with Crippen LogP contribution in [0, 0.1) is 0 Å². The van der Waals surface area contributed by atoms with Crippen molar-refractivity contribution in [2.75, 3.05) is 11.9 Å². The van der Waals surface area contributed by atoms with E-state index in [-0.39, 0.29) is 18.3 Å². The number of ketones is 1. The van der Waals surface area contributed by atoms with Gasteiger partial charge < -0.3 is 14.5 Å². The normalized spacial score (nSPS) is 13.2. The van der Waals surface area contributed by atoms with Gasteiger partial charge in [-0.15, -0.1) is 0 Å². The van der Waals surface area contributed by atoms with Gasteiger partial charge in [0.2, 0.25) is 5.91 Å². The van der Waals surface area contributed by atoms with Crippen molar-refractivity contribution < 1.29 is 18.7 Å². The highest BCUT2D eigenvalue weighted by Gasteiger charge is 2.17. The van der Waals surface area contributed by atoms with Crippen LogP contribution in [-0.2, 0) is 11.2 Å². The number of hydrogen-bond donors (Lipinski definition) is 1. The summed E-state index contributed by atoms with van der Waals surface area (Å²) >= 11 is 0. The first kappa shape index (κ1) is 16.1. The lowest BCUT2D eigenvalue weighted by Gasteiger charge is -2.17. The molecule has 1 amide bonds. The molecule has 26 heavy (non-hydrogen) atoms. The lowest BCUT2D eigenvalue weighted by molar-refractivity contribution is -0.116. The van der Waals surface area contributed by atoms with E-state index in [2.05, 4.69) is 5.32 Å². The second-order valence-electron chi connectivity index (χ2n) is 6.09. The van der Waals surface area contributed by atoms with Gasteiger partial charge in [0.15, 0.2) is 12.4 Å². The van der Waals surface area contributed by atoms with Gasteiger partial charge in [0, 0.05) is 35.2 Å². The van der Waals surface area contributed by atoms with E-state index in [1.807, 2.05) is 0 Å². The number of carbonyl (C=O) groups excluding carboxylic acids is 2. The number of carbonyl (C=O) groups is 2. The second-order valence-corrected chi connectivity index (χ2v) is 6.09. The minimum absolute atomic E-state index is 0.0112. The molecule has 3 aromatic rings. The van der Waals surface area contributed by atoms with Gasteiger partial charge in [0.05, 0.1) is 0 Å². The van der Waals surface area contributed by atoms with Crippen LogP contribution in [0.4, 0.5) is 5.69 Å². The Hall–Kier alpha value is -3.41. The number of nitrogens with one attached hydrogen (secondary N) is 1. The Kier molecular flexibility index (Phi) is 4.01. The van der Waals surface area contributed by atoms with E-state index in [4.69, 9.17) is 9.15 Å². The van der Waals surface area contributed by atoms with Gasteiger partial charge in [-0.25, -0.2) is 4.79 Å². The van der Waals surface area contributed by atoms with Crippen LogP contribution >= 0.6 is 0 Å². The Morgan fingerprint density at radius 3 is 2.77 bits per heavy atom. The molecule has 0 aliphatic carbocycles. The zero-order valence-corrected chi connectivity index (χ0v) is 13.8. The van der Waals surface area contributed by atoms with Crippen LogP contribution in [0.25, 0.3) is 11.0 Å². The Morgan fingerprint density at radius 2 is 1.88 bits per heavy atom. The molecule has 2 heterocycles. The Morgan fingerprint density at radius 1 is 1.04 bits per heavy atom. The largest absolute Gasteiger partial charge is 0.485 e. The van der Waals surface area contributed by atoms with Gasteiger partial charge in [-0.2, -0.15) is 0 Å². The third kappa shape index (κ3) is 3.21. The quantitative estimate of drug-likeness (QED) is 0.578. The molecular formula is C20H15NO5. The second kappa shape index (κ2) is 6.48. The molecule has 6 nitrogen and oxygen atoms in total. The number of hydrogen-bond acceptors (Lipinski definition) is 5. The molecule has 0 bridgehead atoms. The molecule has 1 aliphatic rings. The maximum atomic E-state index is 12.4. The predicted molar refractivity (Wildman–Crippen MR) is 95.7 cm³/mol. The molecule has 6 heteroatoms. The number of benzene rings is 2. The number of anilines is 1. The zero-order chi connectivity index (χ0) is 18.1. The highest BCUT2D eigenvalue weighted by molar-refractivity contribution is 5.99. The van der Waals surface area contributed by atoms with E-state index >= 15 is 0 Å². The SMILES string of the molecule is O=C1CCc2cc(C(=O)COc3ccc4ccc(=O)oc4c3)ccc2N1. The molecule has 130 valence electrons. The highest BCUT2D eigenvalue weighted by Crippen LogP contribution is 2.24. The monoisotopic (exact) mass is 349 g/mol. The van der Waals surface area contributed by atoms with E-state index in [0.29, 0.717) is 29.7 Å². The number of ether oxygens (including phenoxy) is 1. The van der Waals surface area contributed by atoms with Gasteiger partial charge in [-0.3, -0.25) is 9.59 Å². The van der Waals surface area contributed by atoms with Crippen LogP contribution < -0.4 is 15.7 Å². The van der Waals surface area contributed by atoms with Crippen LogP contribution in [0.3, 0.4) is 0 Å². The van der Waals surface area contributed by atoms with Crippen molar-refractivity contribution in [3.63, 3.8) is 0 Å². The fourth-order valence-corrected chi connectivity index (χ4v) is 2.92. The molecule has 0 unspecified atom stereocenters. The maximum absolute atomic E-state index is 12.4. The van der Waals surface area contributed by atoms with Gasteiger partial charge >= 0.3 is 5.63 Å². The molecule has 0 radical (unpaired) electrons. The average molecular weight is 349 g/mol. The first-order valence-electron chi connectivity index (χ1n) is 8.21. The third-order valence-electron chi connectivity index (χ3n) is 4.29. The van der Waals surface area contributed by atoms with Crippen molar-refractivity contribution in [2.45, 2.75) is 12.8 Å². The number of rotatable bonds is 4. The van der Waals surface area contributed by atoms with Crippen molar-refractivity contribution in [2.24, 2.45) is 0 Å². The summed E-state index contributed by atoms with van der Waals surface area (Å²) in [5.74, 6) is 0.271. The summed E-state index contributed by atoms with van der Waals surface area (Å²) < 4.78 is 10.7. The lowest BCUT2D eigenvalue weighted by atomic mass is 9.99. The van der Waals surface area contributed by atoms with Crippen molar-refractivity contribution in [3.05, 3.63) is 70.1 Å². The van der Waals surface area contributed by atoms with Crippen LogP contribution in [0.15, 0.2) is 57.7 Å². The van der Waals surface area contributed by atoms with Crippen LogP contribution in [0.1, 0.15) is 22.3 Å². The standard InChI is InChI=1S/C20H15NO5/c22-17(14-2-6-16-13(9-14)3-7-19(23)21-16)11-25-15-5-1-12-4-8-20(24)26-18(12)10-15/h1-2,4-6,8-10H,3,7,11H2,(H,21,23). The third-order valence-corrected chi connectivity index (χ3v) is 4.29. The first-order valence-corrected chi connectivity index (χ1v) is 8.21. The zero-order valence-electron chi connectivity index (χ0n) is 13.8. The highest BCUT2D eigenvalue weighted by atomic mass is 16.5. The van der Waals surface area contributed by atoms with Crippen molar-refractivity contribution in [3.8, 4) is 5.75 Å². The maximum Gasteiger partial charge on any atom is 0.336 e. The molecule has 1 aromatic heterocycles. The van der Waals surface area contributed by atoms with E-state index in [1.54, 1.807) is 42.5 Å². The Balaban J connectivity index is 1.48. The summed E-state index contributed by atoms with van der Waals surface area (Å²) in [6.07, 6.45) is 1.04. The van der Waals surface area contributed by atoms with E-state index in [9.17, 15) is 14.4 Å². The Bertz CT molecular complexity index is 1080. The smallest absolute Gasteiger partial charge is 0.336 e. The van der Waals surface area contributed by atoms with E-state index < -0.39 is 5.63 Å². The summed E-state index contributed by atoms with van der Waals surface area (Å²) in [6.45, 7) is -0.131. The minimum atomic E-state index is -0.438. The molecule has 0 spiro atoms. The molecule has 0 atom stereocenters. The van der Waals surface area contributed by atoms with E-state index in [1.165, 1.54) is 6.07 Å². The number of aryl methyl sites for hydroxylation is 1. The number of amides is 1. The molecular weight excluding hydrogens is 334 g/mol. The summed E-state index contributed by atoms with van der Waals surface area (Å²) in [6, 6.07) is 13.3. The first-order chi connectivity index (χ1) is 12.6. The fourth-order valence-electron chi connectivity index (χ4n) is 2.92. The number of fused-ring (bicyclic) bond motifs is 2. The van der Waals surface area contributed by atoms with Crippen molar-refractivity contribution >= 4 is 28.3 Å². The molecule has 0 saturated carbocycles. The van der Waals surface area contributed by atoms with Gasteiger partial charge in [-0.1, -0.05) is 0 Å². The van der Waals surface area contributed by atoms with Crippen molar-refractivity contribution in [1.29, 1.82) is 0 Å². The van der Waals surface area contributed by atoms with Gasteiger partial charge in [0.25, 0.3) is 0 Å². The lowest BCUT2D eigenvalue weighted by Crippen LogP contribution is -2.20. The summed E-state index contributed by atoms with van der Waals surface area (Å²) in [7, 11) is 0. The number of Topliss-reactive ketones (excluding diaryl/α,β-unsaturated/α-hetero) is 1. The molecule has 2 aromatic carbocycles. The molecule has 0 fully saturated rings. The molecule has 1 aliphatic heterocycles. The van der Waals surface area contributed by atoms with Gasteiger partial charge in [-0.05, 0) is 48.4 Å². The van der Waals surface area contributed by atoms with Crippen LogP contribution in [-0.4, -0.2) is 18.3 Å². The molecule has 0 saturated heterocycles. The Labute approximate surface area is 148 Å². The predicted octanol–water partition coefficient (Wildman–Crippen LogP) is 2.94. The minimum Gasteiger partial charge on any atom is -0.485 e.